The lowest BCUT2D eigenvalue weighted by Crippen LogP contribution is -2.36. The summed E-state index contributed by atoms with van der Waals surface area (Å²) in [5.41, 5.74) is 1.12. The van der Waals surface area contributed by atoms with E-state index in [2.05, 4.69) is 11.8 Å². The smallest absolute Gasteiger partial charge is 0.410 e. The third-order valence-corrected chi connectivity index (χ3v) is 2.09. The minimum absolute atomic E-state index is 0.0571. The lowest BCUT2D eigenvalue weighted by atomic mass is 10.1. The van der Waals surface area contributed by atoms with Gasteiger partial charge in [0.05, 0.1) is 6.10 Å². The topological polar surface area (TPSA) is 29.5 Å². The third kappa shape index (κ3) is 3.67. The van der Waals surface area contributed by atoms with Crippen molar-refractivity contribution in [2.24, 2.45) is 0 Å². The van der Waals surface area contributed by atoms with Crippen LogP contribution < -0.4 is 0 Å². The van der Waals surface area contributed by atoms with Crippen molar-refractivity contribution in [1.29, 1.82) is 0 Å². The highest BCUT2D eigenvalue weighted by Gasteiger charge is 2.18. The molecular weight excluding hydrogens is 190 g/mol. The maximum absolute atomic E-state index is 11.5. The number of ether oxygens (including phenoxy) is 1. The Balaban J connectivity index is 2.49. The number of rotatable bonds is 1. The molecule has 0 N–H and O–H groups in total. The lowest BCUT2D eigenvalue weighted by Gasteiger charge is -2.25. The van der Waals surface area contributed by atoms with Gasteiger partial charge in [-0.25, -0.2) is 4.79 Å². The summed E-state index contributed by atoms with van der Waals surface area (Å²) in [6.45, 7) is 6.83. The van der Waals surface area contributed by atoms with Crippen LogP contribution in [-0.2, 0) is 4.74 Å². The SMILES string of the molecule is CC#CC1=CCN(C(=O)OC(C)C)CC1. The van der Waals surface area contributed by atoms with Crippen LogP contribution in [0.4, 0.5) is 4.79 Å². The summed E-state index contributed by atoms with van der Waals surface area (Å²) in [5.74, 6) is 5.88. The van der Waals surface area contributed by atoms with E-state index < -0.39 is 0 Å². The first kappa shape index (κ1) is 11.6. The standard InChI is InChI=1S/C12H17NO2/c1-4-5-11-6-8-13(9-7-11)12(14)15-10(2)3/h6,10H,7-9H2,1-3H3. The van der Waals surface area contributed by atoms with Gasteiger partial charge >= 0.3 is 6.09 Å². The quantitative estimate of drug-likeness (QED) is 0.617. The van der Waals surface area contributed by atoms with Crippen LogP contribution in [0.15, 0.2) is 11.6 Å². The van der Waals surface area contributed by atoms with Crippen LogP contribution in [0.1, 0.15) is 27.2 Å². The van der Waals surface area contributed by atoms with E-state index in [-0.39, 0.29) is 12.2 Å². The molecule has 15 heavy (non-hydrogen) atoms. The van der Waals surface area contributed by atoms with Crippen molar-refractivity contribution in [2.75, 3.05) is 13.1 Å². The maximum atomic E-state index is 11.5. The summed E-state index contributed by atoms with van der Waals surface area (Å²) in [4.78, 5) is 13.2. The molecule has 0 spiro atoms. The van der Waals surface area contributed by atoms with Crippen LogP contribution in [0.2, 0.25) is 0 Å². The summed E-state index contributed by atoms with van der Waals surface area (Å²) in [7, 11) is 0. The van der Waals surface area contributed by atoms with Crippen LogP contribution in [0.25, 0.3) is 0 Å². The Morgan fingerprint density at radius 2 is 2.33 bits per heavy atom. The van der Waals surface area contributed by atoms with E-state index in [9.17, 15) is 4.79 Å². The van der Waals surface area contributed by atoms with Crippen molar-refractivity contribution >= 4 is 6.09 Å². The zero-order chi connectivity index (χ0) is 11.3. The molecule has 0 aliphatic carbocycles. The van der Waals surface area contributed by atoms with Gasteiger partial charge in [-0.3, -0.25) is 0 Å². The average molecular weight is 207 g/mol. The predicted molar refractivity (Wildman–Crippen MR) is 59.3 cm³/mol. The van der Waals surface area contributed by atoms with Gasteiger partial charge < -0.3 is 9.64 Å². The van der Waals surface area contributed by atoms with Crippen molar-refractivity contribution < 1.29 is 9.53 Å². The molecule has 1 aliphatic heterocycles. The molecule has 3 heteroatoms. The summed E-state index contributed by atoms with van der Waals surface area (Å²) < 4.78 is 5.11. The molecular formula is C12H17NO2. The Bertz CT molecular complexity index is 320. The first-order chi connectivity index (χ1) is 7.13. The van der Waals surface area contributed by atoms with Crippen molar-refractivity contribution in [3.8, 4) is 11.8 Å². The molecule has 3 nitrogen and oxygen atoms in total. The van der Waals surface area contributed by atoms with Gasteiger partial charge in [0.2, 0.25) is 0 Å². The summed E-state index contributed by atoms with van der Waals surface area (Å²) in [5, 5.41) is 0. The van der Waals surface area contributed by atoms with E-state index in [0.717, 1.165) is 12.0 Å². The zero-order valence-corrected chi connectivity index (χ0v) is 9.54. The predicted octanol–water partition coefficient (Wildman–Crippen LogP) is 2.19. The van der Waals surface area contributed by atoms with Crippen LogP contribution in [0.3, 0.4) is 0 Å². The summed E-state index contributed by atoms with van der Waals surface area (Å²) in [6.07, 6.45) is 2.53. The molecule has 0 saturated carbocycles. The first-order valence-electron chi connectivity index (χ1n) is 5.21. The Morgan fingerprint density at radius 3 is 2.80 bits per heavy atom. The molecule has 1 aliphatic rings. The summed E-state index contributed by atoms with van der Waals surface area (Å²) >= 11 is 0. The highest BCUT2D eigenvalue weighted by Crippen LogP contribution is 2.11. The second-order valence-corrected chi connectivity index (χ2v) is 3.73. The molecule has 0 radical (unpaired) electrons. The van der Waals surface area contributed by atoms with Gasteiger partial charge in [-0.15, -0.1) is 5.92 Å². The Labute approximate surface area is 91.1 Å². The molecule has 0 aromatic rings. The van der Waals surface area contributed by atoms with Crippen molar-refractivity contribution in [3.05, 3.63) is 11.6 Å². The number of carbonyl (C=O) groups is 1. The molecule has 0 aromatic carbocycles. The molecule has 1 heterocycles. The molecule has 1 rings (SSSR count). The van der Waals surface area contributed by atoms with Crippen molar-refractivity contribution in [1.82, 2.24) is 4.90 Å². The fraction of sp³-hybridized carbons (Fsp3) is 0.583. The molecule has 0 atom stereocenters. The molecule has 0 fully saturated rings. The monoisotopic (exact) mass is 207 g/mol. The Morgan fingerprint density at radius 1 is 1.60 bits per heavy atom. The third-order valence-electron chi connectivity index (χ3n) is 2.09. The van der Waals surface area contributed by atoms with Gasteiger partial charge in [0.1, 0.15) is 0 Å². The van der Waals surface area contributed by atoms with Gasteiger partial charge in [-0.1, -0.05) is 12.0 Å². The maximum Gasteiger partial charge on any atom is 0.410 e. The summed E-state index contributed by atoms with van der Waals surface area (Å²) in [6, 6.07) is 0. The van der Waals surface area contributed by atoms with Gasteiger partial charge in [0.25, 0.3) is 0 Å². The fourth-order valence-corrected chi connectivity index (χ4v) is 1.39. The second-order valence-electron chi connectivity index (χ2n) is 3.73. The van der Waals surface area contributed by atoms with Crippen LogP contribution in [0.5, 0.6) is 0 Å². The van der Waals surface area contributed by atoms with Gasteiger partial charge in [-0.2, -0.15) is 0 Å². The van der Waals surface area contributed by atoms with E-state index in [4.69, 9.17) is 4.74 Å². The number of nitrogens with zero attached hydrogens (tertiary/aromatic N) is 1. The average Bonchev–Trinajstić information content (AvgIpc) is 2.18. The second kappa shape index (κ2) is 5.45. The molecule has 0 aromatic heterocycles. The van der Waals surface area contributed by atoms with E-state index >= 15 is 0 Å². The highest BCUT2D eigenvalue weighted by molar-refractivity contribution is 5.68. The van der Waals surface area contributed by atoms with E-state index in [1.165, 1.54) is 0 Å². The molecule has 0 bridgehead atoms. The van der Waals surface area contributed by atoms with Crippen molar-refractivity contribution in [2.45, 2.75) is 33.3 Å². The van der Waals surface area contributed by atoms with Gasteiger partial charge in [-0.05, 0) is 27.2 Å². The molecule has 82 valence electrons. The Kier molecular flexibility index (Phi) is 4.23. The molecule has 0 saturated heterocycles. The van der Waals surface area contributed by atoms with E-state index in [0.29, 0.717) is 13.1 Å². The first-order valence-corrected chi connectivity index (χ1v) is 5.21. The lowest BCUT2D eigenvalue weighted by molar-refractivity contribution is 0.0793. The normalized spacial score (nSPS) is 15.5. The molecule has 1 amide bonds. The number of hydrogen-bond acceptors (Lipinski definition) is 2. The highest BCUT2D eigenvalue weighted by atomic mass is 16.6. The zero-order valence-electron chi connectivity index (χ0n) is 9.54. The van der Waals surface area contributed by atoms with E-state index in [1.807, 2.05) is 26.8 Å². The fourth-order valence-electron chi connectivity index (χ4n) is 1.39. The Hall–Kier alpha value is -1.43. The van der Waals surface area contributed by atoms with Gasteiger partial charge in [0, 0.05) is 18.7 Å². The minimum atomic E-state index is -0.232. The van der Waals surface area contributed by atoms with Crippen LogP contribution >= 0.6 is 0 Å². The van der Waals surface area contributed by atoms with Crippen molar-refractivity contribution in [3.63, 3.8) is 0 Å². The van der Waals surface area contributed by atoms with Gasteiger partial charge in [0.15, 0.2) is 0 Å². The molecule has 0 unspecified atom stereocenters. The minimum Gasteiger partial charge on any atom is -0.447 e. The number of carbonyl (C=O) groups excluding carboxylic acids is 1. The van der Waals surface area contributed by atoms with E-state index in [1.54, 1.807) is 4.90 Å². The van der Waals surface area contributed by atoms with Crippen LogP contribution in [0, 0.1) is 11.8 Å². The van der Waals surface area contributed by atoms with Crippen LogP contribution in [-0.4, -0.2) is 30.2 Å². The number of hydrogen-bond donors (Lipinski definition) is 0. The number of amides is 1. The largest absolute Gasteiger partial charge is 0.447 e.